The van der Waals surface area contributed by atoms with Gasteiger partial charge >= 0.3 is 0 Å². The molecule has 5 nitrogen and oxygen atoms in total. The van der Waals surface area contributed by atoms with Crippen molar-refractivity contribution in [3.8, 4) is 17.1 Å². The van der Waals surface area contributed by atoms with Gasteiger partial charge in [0.1, 0.15) is 0 Å². The van der Waals surface area contributed by atoms with Gasteiger partial charge in [-0.05, 0) is 46.5 Å². The Labute approximate surface area is 245 Å². The van der Waals surface area contributed by atoms with E-state index in [-0.39, 0.29) is 11.0 Å². The van der Waals surface area contributed by atoms with E-state index >= 15 is 0 Å². The molecule has 5 aromatic carbocycles. The highest BCUT2D eigenvalue weighted by atomic mass is 16.1. The average Bonchev–Trinajstić information content (AvgIpc) is 3.63. The Kier molecular flexibility index (Phi) is 4.10. The van der Waals surface area contributed by atoms with Crippen LogP contribution in [0.25, 0.3) is 77.0 Å². The maximum absolute atomic E-state index is 14.0. The third-order valence-corrected chi connectivity index (χ3v) is 9.74. The van der Waals surface area contributed by atoms with Crippen molar-refractivity contribution in [2.45, 2.75) is 19.3 Å². The van der Waals surface area contributed by atoms with Crippen LogP contribution >= 0.6 is 0 Å². The minimum absolute atomic E-state index is 0.0917. The molecule has 0 bridgehead atoms. The number of fused-ring (bicyclic) bond motifs is 11. The van der Waals surface area contributed by atoms with Gasteiger partial charge < -0.3 is 0 Å². The molecule has 202 valence electrons. The molecule has 1 aliphatic carbocycles. The number of aromatic nitrogens is 4. The molecule has 4 aromatic heterocycles. The lowest BCUT2D eigenvalue weighted by Crippen LogP contribution is -2.15. The summed E-state index contributed by atoms with van der Waals surface area (Å²) >= 11 is 0. The normalized spacial score (nSPS) is 14.1. The average molecular weight is 553 g/mol. The molecule has 5 heteroatoms. The SMILES string of the molecule is CC1(C)c2ccccc2-c2cc3c4ccccc4n(-c4ncc5c(=O)n6c7ccccc7c7cccc(c5n4)c76)c3cc21. The van der Waals surface area contributed by atoms with Crippen LogP contribution in [0.15, 0.2) is 114 Å². The van der Waals surface area contributed by atoms with Crippen molar-refractivity contribution in [1.82, 2.24) is 18.9 Å². The fourth-order valence-corrected chi connectivity index (χ4v) is 7.76. The van der Waals surface area contributed by atoms with Crippen LogP contribution in [-0.4, -0.2) is 18.9 Å². The van der Waals surface area contributed by atoms with E-state index in [4.69, 9.17) is 9.97 Å². The molecule has 0 amide bonds. The summed E-state index contributed by atoms with van der Waals surface area (Å²) in [6.07, 6.45) is 1.71. The van der Waals surface area contributed by atoms with E-state index in [9.17, 15) is 4.79 Å². The van der Waals surface area contributed by atoms with Gasteiger partial charge in [0, 0.05) is 38.5 Å². The van der Waals surface area contributed by atoms with Crippen LogP contribution in [0.2, 0.25) is 0 Å². The summed E-state index contributed by atoms with van der Waals surface area (Å²) in [5, 5.41) is 5.91. The van der Waals surface area contributed by atoms with Gasteiger partial charge in [0.25, 0.3) is 5.56 Å². The smallest absolute Gasteiger partial charge is 0.266 e. The van der Waals surface area contributed by atoms with Crippen molar-refractivity contribution in [2.24, 2.45) is 0 Å². The molecular formula is C38H24N4O. The van der Waals surface area contributed by atoms with E-state index in [1.165, 1.54) is 27.6 Å². The van der Waals surface area contributed by atoms with Gasteiger partial charge in [-0.2, -0.15) is 0 Å². The number of hydrogen-bond acceptors (Lipinski definition) is 3. The minimum Gasteiger partial charge on any atom is -0.278 e. The van der Waals surface area contributed by atoms with Crippen LogP contribution in [0, 0.1) is 0 Å². The fourth-order valence-electron chi connectivity index (χ4n) is 7.76. The first-order valence-corrected chi connectivity index (χ1v) is 14.6. The molecule has 1 aliphatic rings. The molecule has 0 radical (unpaired) electrons. The Morgan fingerprint density at radius 3 is 2.16 bits per heavy atom. The minimum atomic E-state index is -0.131. The number of pyridine rings is 1. The largest absolute Gasteiger partial charge is 0.278 e. The summed E-state index contributed by atoms with van der Waals surface area (Å²) in [4.78, 5) is 24.0. The van der Waals surface area contributed by atoms with E-state index in [0.717, 1.165) is 43.6 Å². The van der Waals surface area contributed by atoms with Gasteiger partial charge in [0.2, 0.25) is 5.95 Å². The van der Waals surface area contributed by atoms with Gasteiger partial charge in [-0.3, -0.25) is 13.8 Å². The van der Waals surface area contributed by atoms with Gasteiger partial charge in [-0.15, -0.1) is 0 Å². The maximum Gasteiger partial charge on any atom is 0.266 e. The van der Waals surface area contributed by atoms with Crippen LogP contribution < -0.4 is 5.56 Å². The lowest BCUT2D eigenvalue weighted by atomic mass is 9.82. The van der Waals surface area contributed by atoms with Crippen molar-refractivity contribution in [3.05, 3.63) is 131 Å². The summed E-state index contributed by atoms with van der Waals surface area (Å²) in [7, 11) is 0. The Morgan fingerprint density at radius 1 is 0.605 bits per heavy atom. The summed E-state index contributed by atoms with van der Waals surface area (Å²) in [5.74, 6) is 0.563. The quantitative estimate of drug-likeness (QED) is 0.192. The highest BCUT2D eigenvalue weighted by Crippen LogP contribution is 2.50. The molecular weight excluding hydrogens is 528 g/mol. The van der Waals surface area contributed by atoms with E-state index in [0.29, 0.717) is 16.9 Å². The molecule has 0 N–H and O–H groups in total. The molecule has 0 atom stereocenters. The Balaban J connectivity index is 1.33. The molecule has 43 heavy (non-hydrogen) atoms. The summed E-state index contributed by atoms with van der Waals surface area (Å²) in [6, 6.07) is 36.2. The predicted octanol–water partition coefficient (Wildman–Crippen LogP) is 8.39. The summed E-state index contributed by atoms with van der Waals surface area (Å²) in [6.45, 7) is 4.61. The Morgan fingerprint density at radius 2 is 1.30 bits per heavy atom. The predicted molar refractivity (Wildman–Crippen MR) is 175 cm³/mol. The Bertz CT molecular complexity index is 2730. The number of benzene rings is 5. The maximum atomic E-state index is 14.0. The van der Waals surface area contributed by atoms with Crippen molar-refractivity contribution in [2.75, 3.05) is 0 Å². The van der Waals surface area contributed by atoms with Crippen LogP contribution in [0.4, 0.5) is 0 Å². The number of nitrogens with zero attached hydrogens (tertiary/aromatic N) is 4. The Hall–Kier alpha value is -5.55. The first-order chi connectivity index (χ1) is 21.0. The molecule has 0 spiro atoms. The van der Waals surface area contributed by atoms with Gasteiger partial charge in [0.15, 0.2) is 0 Å². The molecule has 0 aliphatic heterocycles. The third kappa shape index (κ3) is 2.71. The fraction of sp³-hybridized carbons (Fsp3) is 0.0789. The third-order valence-electron chi connectivity index (χ3n) is 9.74. The number of rotatable bonds is 1. The van der Waals surface area contributed by atoms with Crippen LogP contribution in [0.1, 0.15) is 25.0 Å². The van der Waals surface area contributed by atoms with Crippen LogP contribution in [-0.2, 0) is 5.41 Å². The molecule has 0 fully saturated rings. The van der Waals surface area contributed by atoms with Gasteiger partial charge in [-0.1, -0.05) is 92.7 Å². The highest BCUT2D eigenvalue weighted by molar-refractivity contribution is 6.19. The molecule has 4 heterocycles. The molecule has 10 rings (SSSR count). The monoisotopic (exact) mass is 552 g/mol. The van der Waals surface area contributed by atoms with Crippen molar-refractivity contribution >= 4 is 59.9 Å². The molecule has 0 saturated carbocycles. The standard InChI is InChI=1S/C38H24N4O/c1-38(2)29-15-6-3-10-21(29)26-18-27-23-12-5-7-16-31(23)41(33(27)19-30(26)38)37-39-20-28-34(40-37)25-14-9-13-24-22-11-4-8-17-32(22)42(35(24)25)36(28)43/h3-20H,1-2H3. The van der Waals surface area contributed by atoms with Gasteiger partial charge in [0.05, 0.1) is 33.0 Å². The zero-order valence-electron chi connectivity index (χ0n) is 23.6. The van der Waals surface area contributed by atoms with Crippen molar-refractivity contribution in [1.29, 1.82) is 0 Å². The van der Waals surface area contributed by atoms with E-state index in [1.54, 1.807) is 6.20 Å². The van der Waals surface area contributed by atoms with Crippen LogP contribution in [0.3, 0.4) is 0 Å². The summed E-state index contributed by atoms with van der Waals surface area (Å²) in [5.41, 5.74) is 9.61. The van der Waals surface area contributed by atoms with Gasteiger partial charge in [-0.25, -0.2) is 9.97 Å². The first kappa shape index (κ1) is 23.1. The number of para-hydroxylation sites is 3. The topological polar surface area (TPSA) is 52.2 Å². The summed E-state index contributed by atoms with van der Waals surface area (Å²) < 4.78 is 3.99. The van der Waals surface area contributed by atoms with Crippen LogP contribution in [0.5, 0.6) is 0 Å². The number of hydrogen-bond donors (Lipinski definition) is 0. The van der Waals surface area contributed by atoms with E-state index in [1.807, 2.05) is 22.6 Å². The molecule has 0 saturated heterocycles. The van der Waals surface area contributed by atoms with Crippen molar-refractivity contribution in [3.63, 3.8) is 0 Å². The van der Waals surface area contributed by atoms with Crippen molar-refractivity contribution < 1.29 is 0 Å². The van der Waals surface area contributed by atoms with E-state index < -0.39 is 0 Å². The zero-order chi connectivity index (χ0) is 28.6. The lowest BCUT2D eigenvalue weighted by Gasteiger charge is -2.21. The second kappa shape index (κ2) is 7.64. The molecule has 0 unspecified atom stereocenters. The van der Waals surface area contributed by atoms with E-state index in [2.05, 4.69) is 103 Å². The second-order valence-electron chi connectivity index (χ2n) is 12.2. The second-order valence-corrected chi connectivity index (χ2v) is 12.2. The lowest BCUT2D eigenvalue weighted by molar-refractivity contribution is 0.661. The first-order valence-electron chi connectivity index (χ1n) is 14.6. The zero-order valence-corrected chi connectivity index (χ0v) is 23.6. The molecule has 9 aromatic rings. The highest BCUT2D eigenvalue weighted by Gasteiger charge is 2.36.